The topological polar surface area (TPSA) is 17.1 Å². The van der Waals surface area contributed by atoms with Crippen molar-refractivity contribution >= 4 is 5.78 Å². The summed E-state index contributed by atoms with van der Waals surface area (Å²) in [5.41, 5.74) is 0.285. The van der Waals surface area contributed by atoms with E-state index in [-0.39, 0.29) is 16.7 Å². The Labute approximate surface area is 88.3 Å². The summed E-state index contributed by atoms with van der Waals surface area (Å²) in [6.45, 7) is 13.2. The summed E-state index contributed by atoms with van der Waals surface area (Å²) in [4.78, 5) is 12.1. The second-order valence-electron chi connectivity index (χ2n) is 6.77. The van der Waals surface area contributed by atoms with Crippen molar-refractivity contribution < 1.29 is 4.79 Å². The van der Waals surface area contributed by atoms with Crippen molar-refractivity contribution in [1.29, 1.82) is 0 Å². The molecule has 0 aromatic heterocycles. The molecule has 1 aliphatic rings. The molecule has 0 aliphatic heterocycles. The molecule has 0 radical (unpaired) electrons. The van der Waals surface area contributed by atoms with Crippen molar-refractivity contribution in [1.82, 2.24) is 0 Å². The van der Waals surface area contributed by atoms with Crippen LogP contribution in [-0.4, -0.2) is 5.78 Å². The lowest BCUT2D eigenvalue weighted by molar-refractivity contribution is -0.137. The third kappa shape index (κ3) is 2.18. The van der Waals surface area contributed by atoms with Crippen LogP contribution in [0.1, 0.15) is 54.4 Å². The number of Topliss-reactive ketones (excluding diaryl/α,β-unsaturated/α-hetero) is 1. The van der Waals surface area contributed by atoms with Crippen LogP contribution in [0.3, 0.4) is 0 Å². The van der Waals surface area contributed by atoms with E-state index >= 15 is 0 Å². The van der Waals surface area contributed by atoms with Crippen LogP contribution in [0.15, 0.2) is 0 Å². The smallest absolute Gasteiger partial charge is 0.137 e. The normalized spacial score (nSPS) is 33.1. The number of hydrogen-bond donors (Lipinski definition) is 0. The van der Waals surface area contributed by atoms with Crippen molar-refractivity contribution in [2.45, 2.75) is 54.4 Å². The Bertz CT molecular complexity index is 232. The van der Waals surface area contributed by atoms with E-state index in [1.807, 2.05) is 0 Å². The number of carbonyl (C=O) groups is 1. The van der Waals surface area contributed by atoms with Crippen LogP contribution in [0.4, 0.5) is 0 Å². The molecular formula is C13H24O. The Morgan fingerprint density at radius 2 is 1.79 bits per heavy atom. The van der Waals surface area contributed by atoms with E-state index in [1.165, 1.54) is 6.42 Å². The summed E-state index contributed by atoms with van der Waals surface area (Å²) >= 11 is 0. The molecule has 1 aliphatic carbocycles. The van der Waals surface area contributed by atoms with E-state index in [2.05, 4.69) is 41.5 Å². The van der Waals surface area contributed by atoms with Crippen LogP contribution in [-0.2, 0) is 4.79 Å². The summed E-state index contributed by atoms with van der Waals surface area (Å²) in [7, 11) is 0. The molecule has 1 heteroatoms. The van der Waals surface area contributed by atoms with E-state index < -0.39 is 0 Å². The molecule has 0 spiro atoms. The molecule has 0 aromatic rings. The maximum Gasteiger partial charge on any atom is 0.137 e. The summed E-state index contributed by atoms with van der Waals surface area (Å²) < 4.78 is 0. The molecule has 2 atom stereocenters. The maximum atomic E-state index is 12.1. The molecule has 14 heavy (non-hydrogen) atoms. The Kier molecular flexibility index (Phi) is 2.82. The Morgan fingerprint density at radius 3 is 2.14 bits per heavy atom. The highest BCUT2D eigenvalue weighted by atomic mass is 16.1. The number of hydrogen-bond acceptors (Lipinski definition) is 1. The van der Waals surface area contributed by atoms with E-state index in [9.17, 15) is 4.79 Å². The molecule has 0 N–H and O–H groups in total. The van der Waals surface area contributed by atoms with E-state index in [0.717, 1.165) is 6.42 Å². The second-order valence-corrected chi connectivity index (χ2v) is 6.77. The molecule has 2 unspecified atom stereocenters. The fourth-order valence-corrected chi connectivity index (χ4v) is 3.64. The zero-order valence-corrected chi connectivity index (χ0v) is 10.5. The van der Waals surface area contributed by atoms with Crippen LogP contribution >= 0.6 is 0 Å². The highest BCUT2D eigenvalue weighted by Gasteiger charge is 2.46. The first-order valence-corrected chi connectivity index (χ1v) is 5.67. The number of carbonyl (C=O) groups excluding carboxylic acids is 1. The van der Waals surface area contributed by atoms with Gasteiger partial charge in [0.05, 0.1) is 0 Å². The summed E-state index contributed by atoms with van der Waals surface area (Å²) in [5, 5.41) is 0. The summed E-state index contributed by atoms with van der Waals surface area (Å²) in [6, 6.07) is 0. The lowest BCUT2D eigenvalue weighted by Crippen LogP contribution is -2.45. The molecular weight excluding hydrogens is 172 g/mol. The van der Waals surface area contributed by atoms with Gasteiger partial charge < -0.3 is 0 Å². The van der Waals surface area contributed by atoms with Crippen LogP contribution in [0.5, 0.6) is 0 Å². The molecule has 1 saturated carbocycles. The highest BCUT2D eigenvalue weighted by molar-refractivity contribution is 5.83. The summed E-state index contributed by atoms with van der Waals surface area (Å²) in [6.07, 6.45) is 1.96. The molecule has 0 saturated heterocycles. The predicted octanol–water partition coefficient (Wildman–Crippen LogP) is 3.67. The van der Waals surface area contributed by atoms with Gasteiger partial charge in [-0.15, -0.1) is 0 Å². The second kappa shape index (κ2) is 3.36. The molecule has 1 nitrogen and oxygen atoms in total. The van der Waals surface area contributed by atoms with Crippen molar-refractivity contribution in [3.05, 3.63) is 0 Å². The average molecular weight is 196 g/mol. The average Bonchev–Trinajstić information content (AvgIpc) is 1.75. The van der Waals surface area contributed by atoms with Crippen LogP contribution in [0.25, 0.3) is 0 Å². The van der Waals surface area contributed by atoms with Crippen molar-refractivity contribution in [3.8, 4) is 0 Å². The minimum Gasteiger partial charge on any atom is -0.299 e. The van der Waals surface area contributed by atoms with Crippen molar-refractivity contribution in [3.63, 3.8) is 0 Å². The molecule has 0 amide bonds. The van der Waals surface area contributed by atoms with Crippen molar-refractivity contribution in [2.24, 2.45) is 22.7 Å². The quantitative estimate of drug-likeness (QED) is 0.577. The number of ketones is 1. The Hall–Kier alpha value is -0.330. The zero-order valence-electron chi connectivity index (χ0n) is 10.5. The third-order valence-corrected chi connectivity index (χ3v) is 3.39. The van der Waals surface area contributed by atoms with E-state index in [4.69, 9.17) is 0 Å². The van der Waals surface area contributed by atoms with Gasteiger partial charge in [-0.25, -0.2) is 0 Å². The van der Waals surface area contributed by atoms with Gasteiger partial charge in [0.1, 0.15) is 5.78 Å². The van der Waals surface area contributed by atoms with Gasteiger partial charge in [0, 0.05) is 12.3 Å². The van der Waals surface area contributed by atoms with Gasteiger partial charge in [-0.3, -0.25) is 4.79 Å². The lowest BCUT2D eigenvalue weighted by Gasteiger charge is -2.46. The van der Waals surface area contributed by atoms with Gasteiger partial charge >= 0.3 is 0 Å². The Balaban J connectivity index is 2.97. The maximum absolute atomic E-state index is 12.1. The molecule has 0 heterocycles. The molecule has 0 bridgehead atoms. The van der Waals surface area contributed by atoms with E-state index in [1.54, 1.807) is 0 Å². The molecule has 1 rings (SSSR count). The minimum absolute atomic E-state index is 0.112. The molecule has 1 fully saturated rings. The first kappa shape index (κ1) is 11.7. The molecule has 0 aromatic carbocycles. The largest absolute Gasteiger partial charge is 0.299 e. The fraction of sp³-hybridized carbons (Fsp3) is 0.923. The van der Waals surface area contributed by atoms with E-state index in [0.29, 0.717) is 11.7 Å². The van der Waals surface area contributed by atoms with Gasteiger partial charge in [0.25, 0.3) is 0 Å². The zero-order chi connectivity index (χ0) is 11.1. The number of rotatable bonds is 0. The third-order valence-electron chi connectivity index (χ3n) is 3.39. The minimum atomic E-state index is 0.112. The van der Waals surface area contributed by atoms with Gasteiger partial charge in [0.2, 0.25) is 0 Å². The lowest BCUT2D eigenvalue weighted by atomic mass is 9.57. The summed E-state index contributed by atoms with van der Waals surface area (Å²) in [5.74, 6) is 1.27. The first-order chi connectivity index (χ1) is 6.14. The van der Waals surface area contributed by atoms with Crippen molar-refractivity contribution in [2.75, 3.05) is 0 Å². The van der Waals surface area contributed by atoms with Gasteiger partial charge in [-0.2, -0.15) is 0 Å². The van der Waals surface area contributed by atoms with Crippen LogP contribution < -0.4 is 0 Å². The highest BCUT2D eigenvalue weighted by Crippen LogP contribution is 2.49. The SMILES string of the molecule is CC1CC(=O)C(C(C)(C)C)C(C)(C)C1. The predicted molar refractivity (Wildman–Crippen MR) is 60.1 cm³/mol. The van der Waals surface area contributed by atoms with Gasteiger partial charge in [-0.05, 0) is 23.2 Å². The van der Waals surface area contributed by atoms with Crippen LogP contribution in [0.2, 0.25) is 0 Å². The van der Waals surface area contributed by atoms with Gasteiger partial charge in [0.15, 0.2) is 0 Å². The Morgan fingerprint density at radius 1 is 1.29 bits per heavy atom. The van der Waals surface area contributed by atoms with Gasteiger partial charge in [-0.1, -0.05) is 41.5 Å². The monoisotopic (exact) mass is 196 g/mol. The standard InChI is InChI=1S/C13H24O/c1-9-7-10(14)11(12(2,3)4)13(5,6)8-9/h9,11H,7-8H2,1-6H3. The molecule has 82 valence electrons. The van der Waals surface area contributed by atoms with Crippen LogP contribution in [0, 0.1) is 22.7 Å². The fourth-order valence-electron chi connectivity index (χ4n) is 3.64. The first-order valence-electron chi connectivity index (χ1n) is 5.67.